The summed E-state index contributed by atoms with van der Waals surface area (Å²) in [5.41, 5.74) is 5.21. The van der Waals surface area contributed by atoms with Crippen molar-refractivity contribution in [1.82, 2.24) is 14.9 Å². The van der Waals surface area contributed by atoms with Gasteiger partial charge < -0.3 is 19.5 Å². The second-order valence-corrected chi connectivity index (χ2v) is 6.76. The minimum atomic E-state index is 0.0160. The molecule has 1 aromatic carbocycles. The maximum Gasteiger partial charge on any atom is 0.251 e. The van der Waals surface area contributed by atoms with Gasteiger partial charge in [0, 0.05) is 37.3 Å². The van der Waals surface area contributed by atoms with Crippen LogP contribution < -0.4 is 10.2 Å². The molecule has 3 aliphatic rings. The fourth-order valence-electron chi connectivity index (χ4n) is 3.57. The van der Waals surface area contributed by atoms with E-state index in [0.29, 0.717) is 12.5 Å². The van der Waals surface area contributed by atoms with Gasteiger partial charge in [-0.1, -0.05) is 0 Å². The molecule has 1 aromatic heterocycles. The lowest BCUT2D eigenvalue weighted by Gasteiger charge is -2.31. The van der Waals surface area contributed by atoms with Crippen LogP contribution in [0.5, 0.6) is 0 Å². The lowest BCUT2D eigenvalue weighted by molar-refractivity contribution is 0.0965. The largest absolute Gasteiger partial charge is 0.378 e. The van der Waals surface area contributed by atoms with Crippen molar-refractivity contribution in [2.45, 2.75) is 25.3 Å². The third kappa shape index (κ3) is 2.29. The van der Waals surface area contributed by atoms with Crippen molar-refractivity contribution in [3.63, 3.8) is 0 Å². The minimum Gasteiger partial charge on any atom is -0.378 e. The first-order chi connectivity index (χ1) is 11.8. The molecule has 0 unspecified atom stereocenters. The van der Waals surface area contributed by atoms with Crippen LogP contribution in [0.2, 0.25) is 0 Å². The SMILES string of the molecule is O=C1NCc2cc(N3CCOCC3)c(-n3cnc(C4CC4)c3)cc21. The van der Waals surface area contributed by atoms with Gasteiger partial charge in [0.25, 0.3) is 5.91 Å². The first kappa shape index (κ1) is 14.0. The third-order valence-electron chi connectivity index (χ3n) is 5.11. The predicted octanol–water partition coefficient (Wildman–Crippen LogP) is 1.83. The van der Waals surface area contributed by atoms with Crippen molar-refractivity contribution in [2.24, 2.45) is 0 Å². The summed E-state index contributed by atoms with van der Waals surface area (Å²) in [6, 6.07) is 4.17. The van der Waals surface area contributed by atoms with Gasteiger partial charge in [-0.2, -0.15) is 0 Å². The second kappa shape index (κ2) is 5.34. The van der Waals surface area contributed by atoms with Crippen LogP contribution in [-0.2, 0) is 11.3 Å². The molecule has 0 atom stereocenters. The van der Waals surface area contributed by atoms with Crippen LogP contribution in [0.1, 0.15) is 40.4 Å². The average molecular weight is 324 g/mol. The highest BCUT2D eigenvalue weighted by atomic mass is 16.5. The van der Waals surface area contributed by atoms with Crippen molar-refractivity contribution in [1.29, 1.82) is 0 Å². The van der Waals surface area contributed by atoms with Gasteiger partial charge >= 0.3 is 0 Å². The molecule has 3 heterocycles. The molecule has 6 heteroatoms. The van der Waals surface area contributed by atoms with Crippen LogP contribution >= 0.6 is 0 Å². The first-order valence-electron chi connectivity index (χ1n) is 8.62. The Hall–Kier alpha value is -2.34. The number of carbonyl (C=O) groups is 1. The van der Waals surface area contributed by atoms with Crippen molar-refractivity contribution >= 4 is 11.6 Å². The van der Waals surface area contributed by atoms with E-state index in [0.717, 1.165) is 54.5 Å². The number of nitrogens with zero attached hydrogens (tertiary/aromatic N) is 3. The van der Waals surface area contributed by atoms with E-state index in [-0.39, 0.29) is 5.91 Å². The molecule has 0 radical (unpaired) electrons. The monoisotopic (exact) mass is 324 g/mol. The summed E-state index contributed by atoms with van der Waals surface area (Å²) in [7, 11) is 0. The summed E-state index contributed by atoms with van der Waals surface area (Å²) in [4.78, 5) is 19.0. The Kier molecular flexibility index (Phi) is 3.13. The van der Waals surface area contributed by atoms with Crippen LogP contribution in [-0.4, -0.2) is 41.8 Å². The average Bonchev–Trinajstić information content (AvgIpc) is 3.25. The van der Waals surface area contributed by atoms with Crippen LogP contribution in [0.15, 0.2) is 24.7 Å². The topological polar surface area (TPSA) is 59.4 Å². The molecule has 1 saturated carbocycles. The number of ether oxygens (including phenoxy) is 1. The Balaban J connectivity index is 1.62. The zero-order valence-electron chi connectivity index (χ0n) is 13.5. The molecular formula is C18H20N4O2. The van der Waals surface area contributed by atoms with Crippen molar-refractivity contribution < 1.29 is 9.53 Å². The molecular weight excluding hydrogens is 304 g/mol. The number of amides is 1. The van der Waals surface area contributed by atoms with Crippen LogP contribution in [0, 0.1) is 0 Å². The van der Waals surface area contributed by atoms with E-state index in [1.165, 1.54) is 12.8 Å². The highest BCUT2D eigenvalue weighted by molar-refractivity contribution is 5.99. The molecule has 2 aliphatic heterocycles. The smallest absolute Gasteiger partial charge is 0.251 e. The predicted molar refractivity (Wildman–Crippen MR) is 89.7 cm³/mol. The molecule has 1 saturated heterocycles. The number of hydrogen-bond donors (Lipinski definition) is 1. The van der Waals surface area contributed by atoms with Gasteiger partial charge in [0.2, 0.25) is 0 Å². The number of imidazole rings is 1. The molecule has 2 fully saturated rings. The number of aromatic nitrogens is 2. The summed E-state index contributed by atoms with van der Waals surface area (Å²) in [5.74, 6) is 0.637. The minimum absolute atomic E-state index is 0.0160. The Morgan fingerprint density at radius 1 is 1.17 bits per heavy atom. The number of carbonyl (C=O) groups excluding carboxylic acids is 1. The molecule has 1 N–H and O–H groups in total. The number of fused-ring (bicyclic) bond motifs is 1. The molecule has 5 rings (SSSR count). The molecule has 0 bridgehead atoms. The summed E-state index contributed by atoms with van der Waals surface area (Å²) in [6.45, 7) is 3.84. The first-order valence-corrected chi connectivity index (χ1v) is 8.62. The molecule has 6 nitrogen and oxygen atoms in total. The van der Waals surface area contributed by atoms with E-state index in [4.69, 9.17) is 4.74 Å². The van der Waals surface area contributed by atoms with E-state index in [2.05, 4.69) is 32.0 Å². The van der Waals surface area contributed by atoms with Crippen LogP contribution in [0.4, 0.5) is 5.69 Å². The van der Waals surface area contributed by atoms with E-state index in [9.17, 15) is 4.79 Å². The van der Waals surface area contributed by atoms with E-state index < -0.39 is 0 Å². The number of hydrogen-bond acceptors (Lipinski definition) is 4. The zero-order valence-corrected chi connectivity index (χ0v) is 13.5. The van der Waals surface area contributed by atoms with Gasteiger partial charge in [0.1, 0.15) is 0 Å². The normalized spacial score (nSPS) is 20.2. The number of morpholine rings is 1. The summed E-state index contributed by atoms with van der Waals surface area (Å²) >= 11 is 0. The number of rotatable bonds is 3. The van der Waals surface area contributed by atoms with Gasteiger partial charge in [-0.05, 0) is 30.5 Å². The summed E-state index contributed by atoms with van der Waals surface area (Å²) in [5, 5.41) is 2.92. The number of anilines is 1. The quantitative estimate of drug-likeness (QED) is 0.936. The van der Waals surface area contributed by atoms with E-state index >= 15 is 0 Å². The van der Waals surface area contributed by atoms with Gasteiger partial charge in [0.15, 0.2) is 0 Å². The maximum absolute atomic E-state index is 12.1. The van der Waals surface area contributed by atoms with Gasteiger partial charge in [-0.15, -0.1) is 0 Å². The lowest BCUT2D eigenvalue weighted by atomic mass is 10.1. The molecule has 1 aliphatic carbocycles. The number of nitrogens with one attached hydrogen (secondary N) is 1. The fraction of sp³-hybridized carbons (Fsp3) is 0.444. The van der Waals surface area contributed by atoms with E-state index in [1.54, 1.807) is 0 Å². The van der Waals surface area contributed by atoms with Gasteiger partial charge in [0.05, 0.1) is 36.6 Å². The molecule has 24 heavy (non-hydrogen) atoms. The highest BCUT2D eigenvalue weighted by Crippen LogP contribution is 2.40. The molecule has 2 aromatic rings. The Morgan fingerprint density at radius 3 is 2.79 bits per heavy atom. The molecule has 0 spiro atoms. The highest BCUT2D eigenvalue weighted by Gasteiger charge is 2.28. The van der Waals surface area contributed by atoms with Crippen molar-refractivity contribution in [3.8, 4) is 5.69 Å². The second-order valence-electron chi connectivity index (χ2n) is 6.76. The van der Waals surface area contributed by atoms with Crippen molar-refractivity contribution in [2.75, 3.05) is 31.2 Å². The Labute approximate surface area is 140 Å². The Bertz CT molecular complexity index is 803. The standard InChI is InChI=1S/C18H20N4O2/c23-18-14-8-17(22-10-15(20-11-22)12-1-2-12)16(7-13(14)9-19-18)21-3-5-24-6-4-21/h7-8,10-12H,1-6,9H2,(H,19,23). The van der Waals surface area contributed by atoms with Crippen LogP contribution in [0.25, 0.3) is 5.69 Å². The summed E-state index contributed by atoms with van der Waals surface area (Å²) < 4.78 is 7.57. The zero-order chi connectivity index (χ0) is 16.1. The molecule has 124 valence electrons. The third-order valence-corrected chi connectivity index (χ3v) is 5.11. The maximum atomic E-state index is 12.1. The molecule has 1 amide bonds. The number of benzene rings is 1. The van der Waals surface area contributed by atoms with Gasteiger partial charge in [-0.25, -0.2) is 4.98 Å². The van der Waals surface area contributed by atoms with Crippen LogP contribution in [0.3, 0.4) is 0 Å². The fourth-order valence-corrected chi connectivity index (χ4v) is 3.57. The summed E-state index contributed by atoms with van der Waals surface area (Å²) in [6.07, 6.45) is 6.47. The van der Waals surface area contributed by atoms with Gasteiger partial charge in [-0.3, -0.25) is 4.79 Å². The Morgan fingerprint density at radius 2 is 2.00 bits per heavy atom. The van der Waals surface area contributed by atoms with E-state index in [1.807, 2.05) is 12.4 Å². The van der Waals surface area contributed by atoms with Crippen molar-refractivity contribution in [3.05, 3.63) is 41.5 Å². The lowest BCUT2D eigenvalue weighted by Crippen LogP contribution is -2.36.